The molecule has 0 bridgehead atoms. The van der Waals surface area contributed by atoms with Gasteiger partial charge in [-0.05, 0) is 31.5 Å². The number of carbonyl (C=O) groups is 3. The molecule has 0 radical (unpaired) electrons. The Kier molecular flexibility index (Phi) is 8.76. The SMILES string of the molecule is CCOC(=O)C1=C(C)NC(=O)NC1c1ccc(OCC(=O)N/N=C/c2cccc([N+](=O)[O-])c2)c(OC)c1. The Balaban J connectivity index is 1.68. The summed E-state index contributed by atoms with van der Waals surface area (Å²) in [6.45, 7) is 3.05. The van der Waals surface area contributed by atoms with Crippen LogP contribution in [0.1, 0.15) is 31.0 Å². The van der Waals surface area contributed by atoms with Gasteiger partial charge in [-0.2, -0.15) is 5.10 Å². The summed E-state index contributed by atoms with van der Waals surface area (Å²) in [5.41, 5.74) is 3.76. The molecule has 13 nitrogen and oxygen atoms in total. The molecule has 2 aromatic rings. The van der Waals surface area contributed by atoms with Gasteiger partial charge in [-0.15, -0.1) is 0 Å². The first-order chi connectivity index (χ1) is 17.7. The number of nitro benzene ring substituents is 1. The fourth-order valence-corrected chi connectivity index (χ4v) is 3.48. The van der Waals surface area contributed by atoms with Gasteiger partial charge in [0.15, 0.2) is 18.1 Å². The van der Waals surface area contributed by atoms with E-state index in [1.54, 1.807) is 38.1 Å². The van der Waals surface area contributed by atoms with Crippen molar-refractivity contribution in [2.24, 2.45) is 5.10 Å². The van der Waals surface area contributed by atoms with Crippen molar-refractivity contribution in [3.05, 3.63) is 75.0 Å². The first kappa shape index (κ1) is 26.7. The molecule has 3 amide bonds. The number of esters is 1. The summed E-state index contributed by atoms with van der Waals surface area (Å²) < 4.78 is 16.0. The molecule has 1 atom stereocenters. The summed E-state index contributed by atoms with van der Waals surface area (Å²) in [7, 11) is 1.41. The summed E-state index contributed by atoms with van der Waals surface area (Å²) in [6.07, 6.45) is 1.27. The van der Waals surface area contributed by atoms with Crippen LogP contribution in [0.2, 0.25) is 0 Å². The number of methoxy groups -OCH3 is 1. The quantitative estimate of drug-likeness (QED) is 0.189. The molecule has 1 heterocycles. The topological polar surface area (TPSA) is 170 Å². The van der Waals surface area contributed by atoms with Crippen molar-refractivity contribution in [2.75, 3.05) is 20.3 Å². The minimum atomic E-state index is -0.790. The van der Waals surface area contributed by atoms with E-state index in [0.717, 1.165) is 0 Å². The fourth-order valence-electron chi connectivity index (χ4n) is 3.48. The average molecular weight is 511 g/mol. The number of ether oxygens (including phenoxy) is 3. The van der Waals surface area contributed by atoms with Crippen LogP contribution < -0.4 is 25.5 Å². The zero-order valence-electron chi connectivity index (χ0n) is 20.3. The standard InChI is InChI=1S/C24H25N5O8/c1-4-36-23(31)21-14(2)26-24(32)27-22(21)16-8-9-18(19(11-16)35-3)37-13-20(30)28-25-12-15-6-5-7-17(10-15)29(33)34/h5-12,22H,4,13H2,1-3H3,(H,28,30)(H2,26,27,32)/b25-12+. The van der Waals surface area contributed by atoms with E-state index in [0.29, 0.717) is 16.8 Å². The molecule has 0 fully saturated rings. The molecule has 13 heteroatoms. The van der Waals surface area contributed by atoms with Gasteiger partial charge in [0.05, 0.1) is 36.5 Å². The van der Waals surface area contributed by atoms with Crippen LogP contribution in [0.25, 0.3) is 0 Å². The fraction of sp³-hybridized carbons (Fsp3) is 0.250. The molecule has 194 valence electrons. The second kappa shape index (κ2) is 12.2. The maximum Gasteiger partial charge on any atom is 0.338 e. The molecule has 0 spiro atoms. The smallest absolute Gasteiger partial charge is 0.338 e. The van der Waals surface area contributed by atoms with Gasteiger partial charge in [0.2, 0.25) is 0 Å². The number of hydrazone groups is 1. The lowest BCUT2D eigenvalue weighted by Gasteiger charge is -2.28. The van der Waals surface area contributed by atoms with E-state index in [9.17, 15) is 24.5 Å². The second-order valence-corrected chi connectivity index (χ2v) is 7.63. The maximum absolute atomic E-state index is 12.5. The summed E-state index contributed by atoms with van der Waals surface area (Å²) in [5.74, 6) is -0.650. The van der Waals surface area contributed by atoms with Crippen LogP contribution in [-0.4, -0.2) is 49.4 Å². The summed E-state index contributed by atoms with van der Waals surface area (Å²) in [5, 5.41) is 19.9. The molecular weight excluding hydrogens is 486 g/mol. The number of hydrogen-bond acceptors (Lipinski definition) is 9. The Morgan fingerprint density at radius 1 is 1.22 bits per heavy atom. The first-order valence-electron chi connectivity index (χ1n) is 11.1. The van der Waals surface area contributed by atoms with Crippen LogP contribution >= 0.6 is 0 Å². The average Bonchev–Trinajstić information content (AvgIpc) is 2.87. The van der Waals surface area contributed by atoms with E-state index in [4.69, 9.17) is 14.2 Å². The molecule has 0 saturated heterocycles. The third-order valence-corrected chi connectivity index (χ3v) is 5.13. The number of rotatable bonds is 10. The second-order valence-electron chi connectivity index (χ2n) is 7.63. The number of amides is 3. The van der Waals surface area contributed by atoms with Gasteiger partial charge < -0.3 is 24.8 Å². The molecule has 1 aliphatic rings. The van der Waals surface area contributed by atoms with Crippen molar-refractivity contribution >= 4 is 29.8 Å². The molecule has 0 saturated carbocycles. The molecule has 3 N–H and O–H groups in total. The van der Waals surface area contributed by atoms with E-state index in [1.807, 2.05) is 0 Å². The van der Waals surface area contributed by atoms with E-state index < -0.39 is 35.5 Å². The number of benzene rings is 2. The van der Waals surface area contributed by atoms with Crippen molar-refractivity contribution in [3.63, 3.8) is 0 Å². The van der Waals surface area contributed by atoms with E-state index in [-0.39, 0.29) is 29.4 Å². The predicted octanol–water partition coefficient (Wildman–Crippen LogP) is 2.32. The van der Waals surface area contributed by atoms with Crippen molar-refractivity contribution in [1.29, 1.82) is 0 Å². The molecule has 1 unspecified atom stereocenters. The van der Waals surface area contributed by atoms with Crippen LogP contribution in [0.15, 0.2) is 58.8 Å². The van der Waals surface area contributed by atoms with Gasteiger partial charge in [-0.3, -0.25) is 14.9 Å². The van der Waals surface area contributed by atoms with Gasteiger partial charge in [-0.1, -0.05) is 18.2 Å². The van der Waals surface area contributed by atoms with Crippen LogP contribution in [0.5, 0.6) is 11.5 Å². The molecule has 3 rings (SSSR count). The van der Waals surface area contributed by atoms with E-state index in [2.05, 4.69) is 21.2 Å². The van der Waals surface area contributed by atoms with Crippen LogP contribution in [0, 0.1) is 10.1 Å². The van der Waals surface area contributed by atoms with Crippen molar-refractivity contribution < 1.29 is 33.5 Å². The lowest BCUT2D eigenvalue weighted by molar-refractivity contribution is -0.384. The zero-order chi connectivity index (χ0) is 26.9. The predicted molar refractivity (Wildman–Crippen MR) is 131 cm³/mol. The lowest BCUT2D eigenvalue weighted by atomic mass is 9.95. The minimum Gasteiger partial charge on any atom is -0.493 e. The number of nitrogens with zero attached hydrogens (tertiary/aromatic N) is 2. The lowest BCUT2D eigenvalue weighted by Crippen LogP contribution is -2.45. The third-order valence-electron chi connectivity index (χ3n) is 5.13. The Morgan fingerprint density at radius 3 is 2.70 bits per heavy atom. The highest BCUT2D eigenvalue weighted by Crippen LogP contribution is 2.34. The molecule has 2 aromatic carbocycles. The highest BCUT2D eigenvalue weighted by Gasteiger charge is 2.32. The van der Waals surface area contributed by atoms with Crippen LogP contribution in [-0.2, 0) is 14.3 Å². The molecule has 0 aromatic heterocycles. The number of carbonyl (C=O) groups excluding carboxylic acids is 3. The first-order valence-corrected chi connectivity index (χ1v) is 11.1. The summed E-state index contributed by atoms with van der Waals surface area (Å²) in [4.78, 5) is 47.0. The van der Waals surface area contributed by atoms with Crippen LogP contribution in [0.4, 0.5) is 10.5 Å². The summed E-state index contributed by atoms with van der Waals surface area (Å²) >= 11 is 0. The summed E-state index contributed by atoms with van der Waals surface area (Å²) in [6, 6.07) is 9.24. The number of non-ortho nitro benzene ring substituents is 1. The van der Waals surface area contributed by atoms with E-state index in [1.165, 1.54) is 31.5 Å². The van der Waals surface area contributed by atoms with Gasteiger partial charge in [0.1, 0.15) is 0 Å². The normalized spacial score (nSPS) is 15.0. The number of nitrogens with one attached hydrogen (secondary N) is 3. The molecule has 1 aliphatic heterocycles. The van der Waals surface area contributed by atoms with Gasteiger partial charge in [0, 0.05) is 23.4 Å². The largest absolute Gasteiger partial charge is 0.493 e. The Bertz CT molecular complexity index is 1270. The third kappa shape index (κ3) is 6.81. The number of urea groups is 1. The Hall–Kier alpha value is -4.94. The maximum atomic E-state index is 12.5. The zero-order valence-corrected chi connectivity index (χ0v) is 20.3. The van der Waals surface area contributed by atoms with E-state index >= 15 is 0 Å². The number of hydrogen-bond donors (Lipinski definition) is 3. The molecule has 37 heavy (non-hydrogen) atoms. The number of allylic oxidation sites excluding steroid dienone is 1. The highest BCUT2D eigenvalue weighted by molar-refractivity contribution is 5.95. The number of nitro groups is 1. The van der Waals surface area contributed by atoms with Gasteiger partial charge >= 0.3 is 12.0 Å². The molecular formula is C24H25N5O8. The highest BCUT2D eigenvalue weighted by atomic mass is 16.6. The van der Waals surface area contributed by atoms with Crippen molar-refractivity contribution in [2.45, 2.75) is 19.9 Å². The minimum absolute atomic E-state index is 0.0989. The van der Waals surface area contributed by atoms with Gasteiger partial charge in [-0.25, -0.2) is 15.0 Å². The van der Waals surface area contributed by atoms with Crippen molar-refractivity contribution in [3.8, 4) is 11.5 Å². The molecule has 0 aliphatic carbocycles. The van der Waals surface area contributed by atoms with Crippen molar-refractivity contribution in [1.82, 2.24) is 16.1 Å². The van der Waals surface area contributed by atoms with Crippen LogP contribution in [0.3, 0.4) is 0 Å². The monoisotopic (exact) mass is 511 g/mol. The van der Waals surface area contributed by atoms with Gasteiger partial charge in [0.25, 0.3) is 11.6 Å². The Labute approximate surface area is 211 Å². The Morgan fingerprint density at radius 2 is 2.00 bits per heavy atom.